The Hall–Kier alpha value is -2.59. The predicted octanol–water partition coefficient (Wildman–Crippen LogP) is 4.13. The van der Waals surface area contributed by atoms with Gasteiger partial charge in [0, 0.05) is 10.4 Å². The Bertz CT molecular complexity index is 1050. The van der Waals surface area contributed by atoms with E-state index in [9.17, 15) is 4.39 Å². The molecule has 0 aliphatic heterocycles. The summed E-state index contributed by atoms with van der Waals surface area (Å²) >= 11 is 3.08. The quantitative estimate of drug-likeness (QED) is 0.448. The summed E-state index contributed by atoms with van der Waals surface area (Å²) in [6.07, 6.45) is 0. The molecule has 1 atom stereocenters. The Balaban J connectivity index is 1.49. The molecule has 0 amide bonds. The molecule has 3 aromatic heterocycles. The zero-order chi connectivity index (χ0) is 18.8. The highest BCUT2D eigenvalue weighted by Gasteiger charge is 2.20. The number of hydrogen-bond acceptors (Lipinski definition) is 8. The average Bonchev–Trinajstić information content (AvgIpc) is 3.40. The summed E-state index contributed by atoms with van der Waals surface area (Å²) < 4.78 is 20.9. The van der Waals surface area contributed by atoms with E-state index in [1.165, 1.54) is 22.7 Å². The van der Waals surface area contributed by atoms with Crippen LogP contribution in [0.15, 0.2) is 45.4 Å². The second-order valence-electron chi connectivity index (χ2n) is 5.88. The number of thioether (sulfide) groups is 1. The van der Waals surface area contributed by atoms with Crippen LogP contribution in [0.2, 0.25) is 0 Å². The van der Waals surface area contributed by atoms with Crippen LogP contribution in [0.5, 0.6) is 0 Å². The summed E-state index contributed by atoms with van der Waals surface area (Å²) in [5, 5.41) is 18.4. The van der Waals surface area contributed by atoms with Crippen LogP contribution >= 0.6 is 23.1 Å². The summed E-state index contributed by atoms with van der Waals surface area (Å²) in [5.74, 6) is 0.491. The number of tetrazole rings is 1. The molecule has 1 aromatic carbocycles. The van der Waals surface area contributed by atoms with E-state index in [1.807, 2.05) is 24.4 Å². The molecule has 0 fully saturated rings. The van der Waals surface area contributed by atoms with Crippen molar-refractivity contribution in [2.24, 2.45) is 0 Å². The summed E-state index contributed by atoms with van der Waals surface area (Å²) in [4.78, 5) is 5.56. The number of aryl methyl sites for hydroxylation is 1. The van der Waals surface area contributed by atoms with Crippen molar-refractivity contribution in [1.82, 2.24) is 30.3 Å². The van der Waals surface area contributed by atoms with Gasteiger partial charge in [0.15, 0.2) is 0 Å². The Kier molecular flexibility index (Phi) is 4.99. The van der Waals surface area contributed by atoms with Crippen LogP contribution in [0, 0.1) is 12.7 Å². The van der Waals surface area contributed by atoms with Gasteiger partial charge < -0.3 is 4.52 Å². The normalized spacial score (nSPS) is 12.4. The first kappa shape index (κ1) is 17.8. The largest absolute Gasteiger partial charge is 0.338 e. The zero-order valence-corrected chi connectivity index (χ0v) is 16.2. The number of nitrogens with zero attached hydrogens (tertiary/aromatic N) is 6. The van der Waals surface area contributed by atoms with Crippen LogP contribution in [0.1, 0.15) is 28.5 Å². The van der Waals surface area contributed by atoms with Crippen LogP contribution in [0.4, 0.5) is 4.39 Å². The van der Waals surface area contributed by atoms with Crippen molar-refractivity contribution < 1.29 is 8.91 Å². The minimum absolute atomic E-state index is 0.158. The van der Waals surface area contributed by atoms with Gasteiger partial charge in [0.05, 0.1) is 11.8 Å². The third kappa shape index (κ3) is 3.91. The molecule has 1 unspecified atom stereocenters. The second-order valence-corrected chi connectivity index (χ2v) is 8.22. The van der Waals surface area contributed by atoms with Crippen LogP contribution in [-0.4, -0.2) is 30.3 Å². The number of thiophene rings is 1. The van der Waals surface area contributed by atoms with E-state index >= 15 is 0 Å². The molecule has 0 saturated carbocycles. The van der Waals surface area contributed by atoms with Gasteiger partial charge in [0.25, 0.3) is 0 Å². The van der Waals surface area contributed by atoms with Crippen molar-refractivity contribution >= 4 is 23.1 Å². The molecule has 0 aliphatic carbocycles. The first-order chi connectivity index (χ1) is 13.1. The lowest BCUT2D eigenvalue weighted by atomic mass is 10.1. The minimum atomic E-state index is -0.297. The van der Waals surface area contributed by atoms with E-state index in [1.54, 1.807) is 35.1 Å². The number of halogens is 1. The van der Waals surface area contributed by atoms with Gasteiger partial charge >= 0.3 is 0 Å². The van der Waals surface area contributed by atoms with Gasteiger partial charge in [0.1, 0.15) is 5.82 Å². The molecule has 3 heterocycles. The van der Waals surface area contributed by atoms with E-state index in [-0.39, 0.29) is 11.1 Å². The smallest absolute Gasteiger partial charge is 0.240 e. The standard InChI is InChI=1S/C17H15FN6OS2/c1-10-5-6-12(8-14(10)18)15-19-16(25-21-15)11(2)27-17-20-22-23-24(17)9-13-4-3-7-26-13/h3-8,11H,9H2,1-2H3. The Morgan fingerprint density at radius 2 is 2.22 bits per heavy atom. The highest BCUT2D eigenvalue weighted by molar-refractivity contribution is 7.99. The van der Waals surface area contributed by atoms with Gasteiger partial charge in [-0.2, -0.15) is 4.98 Å². The number of aromatic nitrogens is 6. The van der Waals surface area contributed by atoms with Crippen molar-refractivity contribution in [1.29, 1.82) is 0 Å². The van der Waals surface area contributed by atoms with Crippen molar-refractivity contribution in [2.45, 2.75) is 30.8 Å². The van der Waals surface area contributed by atoms with E-state index < -0.39 is 0 Å². The molecule has 4 rings (SSSR count). The van der Waals surface area contributed by atoms with E-state index in [0.29, 0.717) is 34.5 Å². The zero-order valence-electron chi connectivity index (χ0n) is 14.5. The van der Waals surface area contributed by atoms with Crippen LogP contribution in [0.25, 0.3) is 11.4 Å². The monoisotopic (exact) mass is 402 g/mol. The van der Waals surface area contributed by atoms with Gasteiger partial charge in [0.2, 0.25) is 16.9 Å². The van der Waals surface area contributed by atoms with Crippen molar-refractivity contribution in [3.63, 3.8) is 0 Å². The lowest BCUT2D eigenvalue weighted by molar-refractivity contribution is 0.380. The van der Waals surface area contributed by atoms with Crippen molar-refractivity contribution in [2.75, 3.05) is 0 Å². The number of hydrogen-bond donors (Lipinski definition) is 0. The average molecular weight is 402 g/mol. The molecule has 0 bridgehead atoms. The highest BCUT2D eigenvalue weighted by Crippen LogP contribution is 2.33. The maximum atomic E-state index is 13.8. The molecular formula is C17H15FN6OS2. The maximum Gasteiger partial charge on any atom is 0.240 e. The van der Waals surface area contributed by atoms with Crippen LogP contribution in [-0.2, 0) is 6.54 Å². The molecule has 0 radical (unpaired) electrons. The highest BCUT2D eigenvalue weighted by atomic mass is 32.2. The SMILES string of the molecule is Cc1ccc(-c2noc(C(C)Sc3nnnn3Cc3cccs3)n2)cc1F. The predicted molar refractivity (Wildman–Crippen MR) is 99.9 cm³/mol. The third-order valence-corrected chi connectivity index (χ3v) is 5.81. The molecule has 4 aromatic rings. The third-order valence-electron chi connectivity index (χ3n) is 3.89. The molecule has 0 spiro atoms. The first-order valence-corrected chi connectivity index (χ1v) is 9.91. The second kappa shape index (κ2) is 7.57. The van der Waals surface area contributed by atoms with Crippen molar-refractivity contribution in [3.05, 3.63) is 57.9 Å². The number of rotatable bonds is 6. The first-order valence-electron chi connectivity index (χ1n) is 8.15. The molecule has 10 heteroatoms. The molecular weight excluding hydrogens is 387 g/mol. The molecule has 7 nitrogen and oxygen atoms in total. The Labute approximate surface area is 162 Å². The van der Waals surface area contributed by atoms with Gasteiger partial charge in [-0.25, -0.2) is 9.07 Å². The summed E-state index contributed by atoms with van der Waals surface area (Å²) in [5.41, 5.74) is 1.15. The summed E-state index contributed by atoms with van der Waals surface area (Å²) in [6, 6.07) is 8.90. The fourth-order valence-corrected chi connectivity index (χ4v) is 3.89. The lowest BCUT2D eigenvalue weighted by Crippen LogP contribution is -2.03. The van der Waals surface area contributed by atoms with E-state index in [0.717, 1.165) is 0 Å². The van der Waals surface area contributed by atoms with Crippen LogP contribution in [0.3, 0.4) is 0 Å². The molecule has 0 aliphatic rings. The van der Waals surface area contributed by atoms with E-state index in [2.05, 4.69) is 25.7 Å². The number of benzene rings is 1. The molecule has 0 N–H and O–H groups in total. The van der Waals surface area contributed by atoms with Gasteiger partial charge in [-0.1, -0.05) is 35.1 Å². The minimum Gasteiger partial charge on any atom is -0.338 e. The van der Waals surface area contributed by atoms with Crippen LogP contribution < -0.4 is 0 Å². The Morgan fingerprint density at radius 1 is 1.33 bits per heavy atom. The van der Waals surface area contributed by atoms with Crippen molar-refractivity contribution in [3.8, 4) is 11.4 Å². The lowest BCUT2D eigenvalue weighted by Gasteiger charge is -2.06. The molecule has 138 valence electrons. The van der Waals surface area contributed by atoms with Gasteiger partial charge in [-0.05, 0) is 47.4 Å². The van der Waals surface area contributed by atoms with Gasteiger partial charge in [-0.15, -0.1) is 16.4 Å². The summed E-state index contributed by atoms with van der Waals surface area (Å²) in [7, 11) is 0. The molecule has 27 heavy (non-hydrogen) atoms. The fraction of sp³-hybridized carbons (Fsp3) is 0.235. The summed E-state index contributed by atoms with van der Waals surface area (Å²) in [6.45, 7) is 4.25. The van der Waals surface area contributed by atoms with E-state index in [4.69, 9.17) is 4.52 Å². The fourth-order valence-electron chi connectivity index (χ4n) is 2.39. The molecule has 0 saturated heterocycles. The van der Waals surface area contributed by atoms with Gasteiger partial charge in [-0.3, -0.25) is 0 Å². The topological polar surface area (TPSA) is 82.5 Å². The maximum absolute atomic E-state index is 13.8. The Morgan fingerprint density at radius 3 is 3.00 bits per heavy atom.